The molecule has 1 aromatic heterocycles. The summed E-state index contributed by atoms with van der Waals surface area (Å²) in [5, 5.41) is 10.4. The Bertz CT molecular complexity index is 789. The van der Waals surface area contributed by atoms with Crippen LogP contribution in [0.25, 0.3) is 11.5 Å². The first-order valence-corrected chi connectivity index (χ1v) is 8.55. The summed E-state index contributed by atoms with van der Waals surface area (Å²) in [7, 11) is 2.07. The second-order valence-corrected chi connectivity index (χ2v) is 6.49. The van der Waals surface area contributed by atoms with Crippen LogP contribution in [0.1, 0.15) is 17.4 Å². The van der Waals surface area contributed by atoms with E-state index in [1.165, 1.54) is 0 Å². The molecule has 0 aliphatic carbocycles. The summed E-state index contributed by atoms with van der Waals surface area (Å²) in [5.74, 6) is 1.18. The third-order valence-electron chi connectivity index (χ3n) is 4.93. The quantitative estimate of drug-likeness (QED) is 0.870. The van der Waals surface area contributed by atoms with Crippen LogP contribution in [0.5, 0.6) is 0 Å². The number of rotatable bonds is 3. The number of amides is 2. The molecule has 2 aromatic rings. The van der Waals surface area contributed by atoms with Gasteiger partial charge in [-0.05, 0) is 31.7 Å². The first-order chi connectivity index (χ1) is 12.1. The maximum atomic E-state index is 12.0. The fraction of sp³-hybridized carbons (Fsp3) is 0.471. The number of hydrogen-bond acceptors (Lipinski definition) is 6. The summed E-state index contributed by atoms with van der Waals surface area (Å²) < 4.78 is 5.54. The lowest BCUT2D eigenvalue weighted by atomic mass is 10.1. The standard InChI is InChI=1S/C17H22N6O2/c1-11-12(4-3-5-13(11)23-9-7-19-17(23)24)16-20-15(21-25-16)14-10-18-6-8-22(14)2/h3-5,14,18H,6-10H2,1-2H3,(H,19,24). The minimum Gasteiger partial charge on any atom is -0.336 e. The Morgan fingerprint density at radius 1 is 1.28 bits per heavy atom. The number of carbonyl (C=O) groups is 1. The molecule has 132 valence electrons. The fourth-order valence-electron chi connectivity index (χ4n) is 3.42. The molecule has 8 heteroatoms. The lowest BCUT2D eigenvalue weighted by Gasteiger charge is -2.30. The third kappa shape index (κ3) is 2.87. The van der Waals surface area contributed by atoms with Crippen LogP contribution in [-0.2, 0) is 0 Å². The van der Waals surface area contributed by atoms with E-state index < -0.39 is 0 Å². The highest BCUT2D eigenvalue weighted by atomic mass is 16.5. The zero-order chi connectivity index (χ0) is 17.4. The summed E-state index contributed by atoms with van der Waals surface area (Å²) in [4.78, 5) is 20.6. The number of hydrogen-bond donors (Lipinski definition) is 2. The number of benzene rings is 1. The number of urea groups is 1. The molecule has 1 atom stereocenters. The molecular formula is C17H22N6O2. The van der Waals surface area contributed by atoms with Gasteiger partial charge in [-0.2, -0.15) is 4.98 Å². The molecule has 0 bridgehead atoms. The van der Waals surface area contributed by atoms with Crippen molar-refractivity contribution in [3.8, 4) is 11.5 Å². The van der Waals surface area contributed by atoms with Crippen molar-refractivity contribution in [3.63, 3.8) is 0 Å². The van der Waals surface area contributed by atoms with E-state index in [0.717, 1.165) is 36.4 Å². The Balaban J connectivity index is 1.65. The number of nitrogens with one attached hydrogen (secondary N) is 2. The van der Waals surface area contributed by atoms with E-state index in [0.29, 0.717) is 24.8 Å². The van der Waals surface area contributed by atoms with Crippen molar-refractivity contribution in [3.05, 3.63) is 29.6 Å². The minimum atomic E-state index is -0.0682. The summed E-state index contributed by atoms with van der Waals surface area (Å²) in [5.41, 5.74) is 2.70. The SMILES string of the molecule is Cc1c(-c2nc(C3CNCCN3C)no2)cccc1N1CCNC1=O. The Hall–Kier alpha value is -2.45. The molecule has 1 aromatic carbocycles. The zero-order valence-corrected chi connectivity index (χ0v) is 14.5. The van der Waals surface area contributed by atoms with Gasteiger partial charge in [-0.3, -0.25) is 9.80 Å². The number of carbonyl (C=O) groups excluding carboxylic acids is 1. The van der Waals surface area contributed by atoms with Crippen molar-refractivity contribution in [2.75, 3.05) is 44.7 Å². The summed E-state index contributed by atoms with van der Waals surface area (Å²) in [6.45, 7) is 6.03. The summed E-state index contributed by atoms with van der Waals surface area (Å²) in [6, 6.07) is 5.86. The molecule has 25 heavy (non-hydrogen) atoms. The number of piperazine rings is 1. The highest BCUT2D eigenvalue weighted by molar-refractivity contribution is 5.95. The molecule has 2 aliphatic heterocycles. The van der Waals surface area contributed by atoms with E-state index in [9.17, 15) is 4.79 Å². The van der Waals surface area contributed by atoms with Crippen molar-refractivity contribution in [1.82, 2.24) is 25.7 Å². The van der Waals surface area contributed by atoms with Crippen LogP contribution < -0.4 is 15.5 Å². The molecule has 2 fully saturated rings. The van der Waals surface area contributed by atoms with Gasteiger partial charge in [0.25, 0.3) is 5.89 Å². The van der Waals surface area contributed by atoms with E-state index in [1.54, 1.807) is 4.90 Å². The molecule has 8 nitrogen and oxygen atoms in total. The summed E-state index contributed by atoms with van der Waals surface area (Å²) >= 11 is 0. The van der Waals surface area contributed by atoms with Crippen LogP contribution >= 0.6 is 0 Å². The number of anilines is 1. The molecule has 2 N–H and O–H groups in total. The van der Waals surface area contributed by atoms with E-state index in [4.69, 9.17) is 4.52 Å². The van der Waals surface area contributed by atoms with E-state index in [2.05, 4.69) is 32.7 Å². The highest BCUT2D eigenvalue weighted by Crippen LogP contribution is 2.31. The second-order valence-electron chi connectivity index (χ2n) is 6.49. The lowest BCUT2D eigenvalue weighted by molar-refractivity contribution is 0.190. The van der Waals surface area contributed by atoms with Gasteiger partial charge in [-0.15, -0.1) is 0 Å². The Morgan fingerprint density at radius 2 is 2.16 bits per heavy atom. The highest BCUT2D eigenvalue weighted by Gasteiger charge is 2.27. The smallest absolute Gasteiger partial charge is 0.322 e. The average molecular weight is 342 g/mol. The average Bonchev–Trinajstić information content (AvgIpc) is 3.25. The van der Waals surface area contributed by atoms with Gasteiger partial charge in [0.05, 0.1) is 6.04 Å². The molecule has 3 heterocycles. The van der Waals surface area contributed by atoms with Gasteiger partial charge in [0, 0.05) is 44.0 Å². The Morgan fingerprint density at radius 3 is 2.92 bits per heavy atom. The van der Waals surface area contributed by atoms with Crippen LogP contribution in [0.15, 0.2) is 22.7 Å². The second kappa shape index (κ2) is 6.45. The molecule has 0 saturated carbocycles. The van der Waals surface area contributed by atoms with Crippen molar-refractivity contribution in [2.45, 2.75) is 13.0 Å². The van der Waals surface area contributed by atoms with Crippen LogP contribution in [0, 0.1) is 6.92 Å². The fourth-order valence-corrected chi connectivity index (χ4v) is 3.42. The molecule has 2 saturated heterocycles. The van der Waals surface area contributed by atoms with Crippen LogP contribution in [0.3, 0.4) is 0 Å². The van der Waals surface area contributed by atoms with Gasteiger partial charge in [0.15, 0.2) is 5.82 Å². The predicted octanol–water partition coefficient (Wildman–Crippen LogP) is 1.15. The Labute approximate surface area is 146 Å². The maximum Gasteiger partial charge on any atom is 0.322 e. The molecule has 0 radical (unpaired) electrons. The van der Waals surface area contributed by atoms with Gasteiger partial charge >= 0.3 is 6.03 Å². The molecule has 2 amide bonds. The van der Waals surface area contributed by atoms with Crippen LogP contribution in [0.4, 0.5) is 10.5 Å². The largest absolute Gasteiger partial charge is 0.336 e. The minimum absolute atomic E-state index is 0.0682. The third-order valence-corrected chi connectivity index (χ3v) is 4.93. The molecule has 1 unspecified atom stereocenters. The first-order valence-electron chi connectivity index (χ1n) is 8.55. The van der Waals surface area contributed by atoms with Gasteiger partial charge in [-0.1, -0.05) is 11.2 Å². The van der Waals surface area contributed by atoms with Crippen molar-refractivity contribution in [1.29, 1.82) is 0 Å². The zero-order valence-electron chi connectivity index (χ0n) is 14.5. The molecule has 4 rings (SSSR count). The van der Waals surface area contributed by atoms with Gasteiger partial charge in [0.2, 0.25) is 0 Å². The summed E-state index contributed by atoms with van der Waals surface area (Å²) in [6.07, 6.45) is 0. The lowest BCUT2D eigenvalue weighted by Crippen LogP contribution is -2.44. The van der Waals surface area contributed by atoms with E-state index in [-0.39, 0.29) is 12.1 Å². The van der Waals surface area contributed by atoms with Gasteiger partial charge in [0.1, 0.15) is 0 Å². The number of aromatic nitrogens is 2. The molecular weight excluding hydrogens is 320 g/mol. The maximum absolute atomic E-state index is 12.0. The number of nitrogens with zero attached hydrogens (tertiary/aromatic N) is 4. The monoisotopic (exact) mass is 342 g/mol. The molecule has 2 aliphatic rings. The predicted molar refractivity (Wildman–Crippen MR) is 93.5 cm³/mol. The first kappa shape index (κ1) is 16.0. The van der Waals surface area contributed by atoms with E-state index >= 15 is 0 Å². The van der Waals surface area contributed by atoms with Crippen molar-refractivity contribution in [2.24, 2.45) is 0 Å². The normalized spacial score (nSPS) is 21.6. The van der Waals surface area contributed by atoms with Crippen molar-refractivity contribution >= 4 is 11.7 Å². The van der Waals surface area contributed by atoms with Crippen molar-refractivity contribution < 1.29 is 9.32 Å². The van der Waals surface area contributed by atoms with Gasteiger partial charge < -0.3 is 15.2 Å². The topological polar surface area (TPSA) is 86.5 Å². The van der Waals surface area contributed by atoms with Crippen LogP contribution in [-0.4, -0.2) is 60.8 Å². The van der Waals surface area contributed by atoms with E-state index in [1.807, 2.05) is 25.1 Å². The number of likely N-dealkylation sites (N-methyl/N-ethyl adjacent to an activating group) is 1. The van der Waals surface area contributed by atoms with Crippen LogP contribution in [0.2, 0.25) is 0 Å². The van der Waals surface area contributed by atoms with Gasteiger partial charge in [-0.25, -0.2) is 4.79 Å². The Kier molecular flexibility index (Phi) is 4.14. The molecule has 0 spiro atoms.